The summed E-state index contributed by atoms with van der Waals surface area (Å²) in [6.07, 6.45) is 4.25. The highest BCUT2D eigenvalue weighted by Crippen LogP contribution is 2.20. The minimum atomic E-state index is -0.610. The van der Waals surface area contributed by atoms with Crippen LogP contribution in [0.25, 0.3) is 22.1 Å². The van der Waals surface area contributed by atoms with E-state index < -0.39 is 5.91 Å². The van der Waals surface area contributed by atoms with Gasteiger partial charge in [0.05, 0.1) is 22.8 Å². The van der Waals surface area contributed by atoms with Crippen LogP contribution < -0.4 is 17.0 Å². The Morgan fingerprint density at radius 2 is 1.75 bits per heavy atom. The number of carbonyl (C=O) groups excluding carboxylic acids is 1. The molecule has 6 aromatic rings. The van der Waals surface area contributed by atoms with Crippen molar-refractivity contribution in [3.05, 3.63) is 117 Å². The summed E-state index contributed by atoms with van der Waals surface area (Å²) in [5.74, 6) is 6.14. The molecular formula is C34H34N8O2. The van der Waals surface area contributed by atoms with Crippen LogP contribution in [0.15, 0.2) is 77.9 Å². The van der Waals surface area contributed by atoms with E-state index in [1.54, 1.807) is 21.6 Å². The average molecular weight is 587 g/mol. The van der Waals surface area contributed by atoms with Gasteiger partial charge in [0.1, 0.15) is 5.56 Å². The number of aryl methyl sites for hydroxylation is 2. The van der Waals surface area contributed by atoms with Gasteiger partial charge >= 0.3 is 0 Å². The Labute approximate surface area is 255 Å². The van der Waals surface area contributed by atoms with E-state index >= 15 is 0 Å². The van der Waals surface area contributed by atoms with Gasteiger partial charge < -0.3 is 11.5 Å². The molecule has 1 amide bonds. The third kappa shape index (κ3) is 5.68. The van der Waals surface area contributed by atoms with Crippen molar-refractivity contribution in [1.82, 2.24) is 28.9 Å². The summed E-state index contributed by atoms with van der Waals surface area (Å²) in [6.45, 7) is 8.08. The van der Waals surface area contributed by atoms with Gasteiger partial charge in [0.25, 0.3) is 11.5 Å². The summed E-state index contributed by atoms with van der Waals surface area (Å²) in [5.41, 5.74) is 16.7. The normalized spacial score (nSPS) is 10.9. The van der Waals surface area contributed by atoms with Crippen LogP contribution in [0.5, 0.6) is 0 Å². The van der Waals surface area contributed by atoms with Crippen LogP contribution >= 0.6 is 0 Å². The molecule has 4 N–H and O–H groups in total. The summed E-state index contributed by atoms with van der Waals surface area (Å²) in [7, 11) is 1.89. The highest BCUT2D eigenvalue weighted by Gasteiger charge is 2.17. The molecule has 0 aliphatic rings. The number of anilines is 1. The number of benzene rings is 2. The van der Waals surface area contributed by atoms with Gasteiger partial charge in [0.15, 0.2) is 11.5 Å². The number of nitrogens with two attached hydrogens (primary N) is 2. The number of nitrogens with zero attached hydrogens (tertiary/aromatic N) is 6. The van der Waals surface area contributed by atoms with Gasteiger partial charge in [-0.25, -0.2) is 9.50 Å². The topological polar surface area (TPSA) is 139 Å². The summed E-state index contributed by atoms with van der Waals surface area (Å²) in [5, 5.41) is 9.77. The molecule has 10 nitrogen and oxygen atoms in total. The Bertz CT molecular complexity index is 2130. The lowest BCUT2D eigenvalue weighted by atomic mass is 10.0. The molecule has 222 valence electrons. The Morgan fingerprint density at radius 1 is 1.02 bits per heavy atom. The van der Waals surface area contributed by atoms with Crippen molar-refractivity contribution in [2.24, 2.45) is 12.8 Å². The SMILES string of the molecule is CC(C)c1ccn2nc(N)c(C(N)=O)c2n1.CCc1cc2cccc(C#Cc3cnn(C)c3C)c2c(=O)n1-c1ccccc1. The lowest BCUT2D eigenvalue weighted by molar-refractivity contribution is 0.100. The molecule has 0 saturated heterocycles. The zero-order valence-corrected chi connectivity index (χ0v) is 25.4. The zero-order chi connectivity index (χ0) is 31.5. The third-order valence-corrected chi connectivity index (χ3v) is 7.44. The first-order chi connectivity index (χ1) is 21.1. The zero-order valence-electron chi connectivity index (χ0n) is 25.4. The fourth-order valence-corrected chi connectivity index (χ4v) is 4.91. The predicted octanol–water partition coefficient (Wildman–Crippen LogP) is 4.53. The summed E-state index contributed by atoms with van der Waals surface area (Å²) in [4.78, 5) is 29.1. The Kier molecular flexibility index (Phi) is 8.31. The first kappa shape index (κ1) is 29.8. The molecule has 0 bridgehead atoms. The van der Waals surface area contributed by atoms with Gasteiger partial charge in [0, 0.05) is 35.9 Å². The summed E-state index contributed by atoms with van der Waals surface area (Å²) < 4.78 is 5.05. The first-order valence-electron chi connectivity index (χ1n) is 14.3. The predicted molar refractivity (Wildman–Crippen MR) is 173 cm³/mol. The van der Waals surface area contributed by atoms with Crippen molar-refractivity contribution < 1.29 is 4.79 Å². The highest BCUT2D eigenvalue weighted by molar-refractivity contribution is 6.03. The maximum atomic E-state index is 13.5. The van der Waals surface area contributed by atoms with Gasteiger partial charge in [0.2, 0.25) is 0 Å². The molecule has 4 heterocycles. The minimum Gasteiger partial charge on any atom is -0.381 e. The monoisotopic (exact) mass is 586 g/mol. The van der Waals surface area contributed by atoms with Crippen molar-refractivity contribution in [2.75, 3.05) is 5.73 Å². The second-order valence-electron chi connectivity index (χ2n) is 10.7. The van der Waals surface area contributed by atoms with Crippen molar-refractivity contribution in [3.63, 3.8) is 0 Å². The quantitative estimate of drug-likeness (QED) is 0.291. The minimum absolute atomic E-state index is 0.0339. The molecule has 0 aliphatic heterocycles. The van der Waals surface area contributed by atoms with Gasteiger partial charge in [-0.05, 0) is 55.0 Å². The molecule has 0 radical (unpaired) electrons. The lowest BCUT2D eigenvalue weighted by Crippen LogP contribution is -2.22. The van der Waals surface area contributed by atoms with E-state index in [0.717, 1.165) is 45.7 Å². The molecule has 0 aliphatic carbocycles. The molecule has 4 aromatic heterocycles. The molecule has 44 heavy (non-hydrogen) atoms. The fraction of sp³-hybridized carbons (Fsp3) is 0.206. The van der Waals surface area contributed by atoms with Crippen molar-refractivity contribution in [3.8, 4) is 17.5 Å². The summed E-state index contributed by atoms with van der Waals surface area (Å²) >= 11 is 0. The van der Waals surface area contributed by atoms with E-state index in [9.17, 15) is 9.59 Å². The van der Waals surface area contributed by atoms with E-state index in [1.165, 1.54) is 4.52 Å². The highest BCUT2D eigenvalue weighted by atomic mass is 16.1. The van der Waals surface area contributed by atoms with Gasteiger partial charge in [-0.2, -0.15) is 5.10 Å². The first-order valence-corrected chi connectivity index (χ1v) is 14.3. The number of hydrogen-bond donors (Lipinski definition) is 2. The number of para-hydroxylation sites is 1. The molecule has 2 aromatic carbocycles. The number of rotatable bonds is 4. The molecule has 0 fully saturated rings. The van der Waals surface area contributed by atoms with E-state index in [4.69, 9.17) is 11.5 Å². The number of fused-ring (bicyclic) bond motifs is 2. The van der Waals surface area contributed by atoms with E-state index in [2.05, 4.69) is 40.0 Å². The van der Waals surface area contributed by atoms with Crippen molar-refractivity contribution in [2.45, 2.75) is 40.0 Å². The number of carbonyl (C=O) groups is 1. The number of aromatic nitrogens is 6. The van der Waals surface area contributed by atoms with Crippen LogP contribution in [0.4, 0.5) is 5.82 Å². The molecule has 0 atom stereocenters. The van der Waals surface area contributed by atoms with E-state index in [-0.39, 0.29) is 22.9 Å². The van der Waals surface area contributed by atoms with Crippen LogP contribution in [0.1, 0.15) is 65.3 Å². The standard InChI is InChI=1S/C24H21N3O.C10H13N5O/c1-4-21-15-19-10-8-9-18(13-14-20-16-25-26(3)17(20)2)23(19)24(28)27(21)22-11-6-5-7-12-22;1-5(2)6-3-4-15-10(13-6)7(9(12)16)8(11)14-15/h5-12,15-16H,4H2,1-3H3;3-5H,1-2H3,(H2,11,14)(H2,12,16). The molecule has 0 saturated carbocycles. The van der Waals surface area contributed by atoms with Crippen LogP contribution in [0, 0.1) is 18.8 Å². The Hall–Kier alpha value is -5.69. The van der Waals surface area contributed by atoms with Gasteiger partial charge in [-0.3, -0.25) is 18.8 Å². The number of amides is 1. The molecular weight excluding hydrogens is 552 g/mol. The smallest absolute Gasteiger partial charge is 0.264 e. The maximum absolute atomic E-state index is 13.5. The Morgan fingerprint density at radius 3 is 2.39 bits per heavy atom. The Balaban J connectivity index is 0.000000204. The number of nitrogen functional groups attached to an aromatic ring is 1. The average Bonchev–Trinajstić information content (AvgIpc) is 3.52. The van der Waals surface area contributed by atoms with Crippen LogP contribution in [0.2, 0.25) is 0 Å². The van der Waals surface area contributed by atoms with E-state index in [0.29, 0.717) is 11.0 Å². The third-order valence-electron chi connectivity index (χ3n) is 7.44. The van der Waals surface area contributed by atoms with Crippen molar-refractivity contribution >= 4 is 28.1 Å². The molecule has 0 spiro atoms. The second-order valence-corrected chi connectivity index (χ2v) is 10.7. The fourth-order valence-electron chi connectivity index (χ4n) is 4.91. The van der Waals surface area contributed by atoms with Crippen LogP contribution in [-0.4, -0.2) is 34.9 Å². The maximum Gasteiger partial charge on any atom is 0.264 e. The lowest BCUT2D eigenvalue weighted by Gasteiger charge is -2.14. The number of primary amides is 1. The largest absolute Gasteiger partial charge is 0.381 e. The molecule has 6 rings (SSSR count). The van der Waals surface area contributed by atoms with Crippen LogP contribution in [0.3, 0.4) is 0 Å². The summed E-state index contributed by atoms with van der Waals surface area (Å²) in [6, 6.07) is 19.5. The number of hydrogen-bond acceptors (Lipinski definition) is 6. The molecule has 10 heteroatoms. The van der Waals surface area contributed by atoms with Gasteiger partial charge in [-0.1, -0.05) is 62.9 Å². The van der Waals surface area contributed by atoms with Gasteiger partial charge in [-0.15, -0.1) is 5.10 Å². The van der Waals surface area contributed by atoms with Crippen molar-refractivity contribution in [1.29, 1.82) is 0 Å². The molecule has 0 unspecified atom stereocenters. The van der Waals surface area contributed by atoms with E-state index in [1.807, 2.05) is 82.4 Å². The van der Waals surface area contributed by atoms with Crippen LogP contribution in [-0.2, 0) is 13.5 Å². The number of pyridine rings is 1. The second kappa shape index (κ2) is 12.3.